The molecular formula is C16H26N2OS. The summed E-state index contributed by atoms with van der Waals surface area (Å²) in [6, 6.07) is 8.38. The number of carbonyl (C=O) groups is 1. The number of nitrogens with one attached hydrogen (secondary N) is 1. The maximum absolute atomic E-state index is 12.0. The molecule has 0 saturated carbocycles. The van der Waals surface area contributed by atoms with Gasteiger partial charge in [0.2, 0.25) is 5.91 Å². The highest BCUT2D eigenvalue weighted by atomic mass is 32.2. The summed E-state index contributed by atoms with van der Waals surface area (Å²) in [5.74, 6) is 0.581. The second-order valence-electron chi connectivity index (χ2n) is 5.58. The van der Waals surface area contributed by atoms with Crippen LogP contribution in [0.25, 0.3) is 0 Å². The van der Waals surface area contributed by atoms with Gasteiger partial charge in [0.05, 0.1) is 6.04 Å². The van der Waals surface area contributed by atoms with Crippen LogP contribution >= 0.6 is 11.8 Å². The van der Waals surface area contributed by atoms with Crippen LogP contribution in [0, 0.1) is 5.92 Å². The third-order valence-corrected chi connectivity index (χ3v) is 4.06. The quantitative estimate of drug-likeness (QED) is 0.785. The van der Waals surface area contributed by atoms with Gasteiger partial charge in [0.25, 0.3) is 0 Å². The van der Waals surface area contributed by atoms with Gasteiger partial charge in [-0.1, -0.05) is 26.0 Å². The molecule has 0 aliphatic rings. The Kier molecular flexibility index (Phi) is 7.10. The molecule has 1 unspecified atom stereocenters. The van der Waals surface area contributed by atoms with Crippen molar-refractivity contribution in [1.29, 1.82) is 0 Å². The van der Waals surface area contributed by atoms with Gasteiger partial charge in [-0.05, 0) is 43.8 Å². The minimum atomic E-state index is -0.117. The molecule has 0 radical (unpaired) electrons. The molecule has 0 fully saturated rings. The van der Waals surface area contributed by atoms with E-state index in [1.54, 1.807) is 11.8 Å². The van der Waals surface area contributed by atoms with Crippen LogP contribution in [-0.4, -0.2) is 36.7 Å². The highest BCUT2D eigenvalue weighted by Gasteiger charge is 2.17. The molecule has 0 spiro atoms. The summed E-state index contributed by atoms with van der Waals surface area (Å²) in [6.45, 7) is 7.67. The van der Waals surface area contributed by atoms with E-state index in [-0.39, 0.29) is 11.9 Å². The van der Waals surface area contributed by atoms with Gasteiger partial charge in [0.1, 0.15) is 0 Å². The largest absolute Gasteiger partial charge is 0.354 e. The summed E-state index contributed by atoms with van der Waals surface area (Å²) in [6.07, 6.45) is 2.07. The molecule has 1 atom stereocenters. The number of benzene rings is 1. The Hall–Kier alpha value is -1.00. The first-order valence-corrected chi connectivity index (χ1v) is 8.27. The van der Waals surface area contributed by atoms with Crippen molar-refractivity contribution < 1.29 is 4.79 Å². The lowest BCUT2D eigenvalue weighted by Gasteiger charge is -2.24. The van der Waals surface area contributed by atoms with Gasteiger partial charge < -0.3 is 5.32 Å². The Morgan fingerprint density at radius 1 is 1.25 bits per heavy atom. The Labute approximate surface area is 127 Å². The van der Waals surface area contributed by atoms with Gasteiger partial charge in [-0.2, -0.15) is 0 Å². The van der Waals surface area contributed by atoms with E-state index in [1.165, 1.54) is 10.5 Å². The molecule has 1 amide bonds. The van der Waals surface area contributed by atoms with Crippen LogP contribution in [0.1, 0.15) is 26.3 Å². The second-order valence-corrected chi connectivity index (χ2v) is 6.46. The van der Waals surface area contributed by atoms with Gasteiger partial charge in [-0.25, -0.2) is 0 Å². The molecule has 1 aromatic carbocycles. The lowest BCUT2D eigenvalue weighted by atomic mass is 10.1. The third kappa shape index (κ3) is 5.55. The number of rotatable bonds is 7. The maximum Gasteiger partial charge on any atom is 0.237 e. The first kappa shape index (κ1) is 17.1. The molecule has 0 aliphatic heterocycles. The van der Waals surface area contributed by atoms with Crippen molar-refractivity contribution in [3.05, 3.63) is 29.8 Å². The summed E-state index contributed by atoms with van der Waals surface area (Å²) in [5.41, 5.74) is 1.23. The molecule has 1 N–H and O–H groups in total. The van der Waals surface area contributed by atoms with Crippen molar-refractivity contribution >= 4 is 17.7 Å². The predicted molar refractivity (Wildman–Crippen MR) is 87.0 cm³/mol. The first-order valence-electron chi connectivity index (χ1n) is 7.05. The number of hydrogen-bond acceptors (Lipinski definition) is 3. The van der Waals surface area contributed by atoms with Crippen molar-refractivity contribution in [2.24, 2.45) is 5.92 Å². The SMILES string of the molecule is CSc1ccc(CN(C)C(C)C(=O)NCC(C)C)cc1. The van der Waals surface area contributed by atoms with Gasteiger partial charge in [-0.15, -0.1) is 11.8 Å². The van der Waals surface area contributed by atoms with E-state index in [2.05, 4.69) is 54.6 Å². The molecule has 0 aliphatic carbocycles. The number of carbonyl (C=O) groups excluding carboxylic acids is 1. The average molecular weight is 294 g/mol. The van der Waals surface area contributed by atoms with Gasteiger partial charge >= 0.3 is 0 Å². The molecule has 112 valence electrons. The van der Waals surface area contributed by atoms with Gasteiger partial charge in [0, 0.05) is 18.0 Å². The summed E-state index contributed by atoms with van der Waals surface area (Å²) in [4.78, 5) is 15.4. The Bertz CT molecular complexity index is 417. The third-order valence-electron chi connectivity index (χ3n) is 3.32. The fourth-order valence-electron chi connectivity index (χ4n) is 1.81. The number of likely N-dealkylation sites (N-methyl/N-ethyl adjacent to an activating group) is 1. The highest BCUT2D eigenvalue weighted by Crippen LogP contribution is 2.16. The normalized spacial score (nSPS) is 12.8. The number of amides is 1. The molecule has 1 rings (SSSR count). The van der Waals surface area contributed by atoms with Crippen LogP contribution < -0.4 is 5.32 Å². The van der Waals surface area contributed by atoms with Crippen molar-refractivity contribution in [3.8, 4) is 0 Å². The lowest BCUT2D eigenvalue weighted by molar-refractivity contribution is -0.125. The molecule has 1 aromatic rings. The minimum absolute atomic E-state index is 0.0990. The maximum atomic E-state index is 12.0. The van der Waals surface area contributed by atoms with Crippen LogP contribution in [0.2, 0.25) is 0 Å². The van der Waals surface area contributed by atoms with Crippen LogP contribution in [0.3, 0.4) is 0 Å². The standard InChI is InChI=1S/C16H26N2OS/c1-12(2)10-17-16(19)13(3)18(4)11-14-6-8-15(20-5)9-7-14/h6-9,12-13H,10-11H2,1-5H3,(H,17,19). The van der Waals surface area contributed by atoms with Crippen molar-refractivity contribution in [1.82, 2.24) is 10.2 Å². The summed E-state index contributed by atoms with van der Waals surface area (Å²) < 4.78 is 0. The molecule has 20 heavy (non-hydrogen) atoms. The van der Waals surface area contributed by atoms with E-state index in [0.29, 0.717) is 5.92 Å². The molecule has 0 saturated heterocycles. The highest BCUT2D eigenvalue weighted by molar-refractivity contribution is 7.98. The molecular weight excluding hydrogens is 268 g/mol. The van der Waals surface area contributed by atoms with E-state index in [0.717, 1.165) is 13.1 Å². The van der Waals surface area contributed by atoms with Crippen LogP contribution in [0.5, 0.6) is 0 Å². The van der Waals surface area contributed by atoms with E-state index in [4.69, 9.17) is 0 Å². The molecule has 4 heteroatoms. The van der Waals surface area contributed by atoms with E-state index >= 15 is 0 Å². The second kappa shape index (κ2) is 8.32. The monoisotopic (exact) mass is 294 g/mol. The van der Waals surface area contributed by atoms with Gasteiger partial charge in [-0.3, -0.25) is 9.69 Å². The first-order chi connectivity index (χ1) is 9.43. The molecule has 0 aromatic heterocycles. The van der Waals surface area contributed by atoms with Gasteiger partial charge in [0.15, 0.2) is 0 Å². The number of thioether (sulfide) groups is 1. The zero-order valence-electron chi connectivity index (χ0n) is 13.1. The van der Waals surface area contributed by atoms with Crippen molar-refractivity contribution in [3.63, 3.8) is 0 Å². The van der Waals surface area contributed by atoms with E-state index in [1.807, 2.05) is 14.0 Å². The van der Waals surface area contributed by atoms with E-state index in [9.17, 15) is 4.79 Å². The number of hydrogen-bond donors (Lipinski definition) is 1. The predicted octanol–water partition coefficient (Wildman–Crippen LogP) is 3.00. The molecule has 0 bridgehead atoms. The summed E-state index contributed by atoms with van der Waals surface area (Å²) >= 11 is 1.74. The Morgan fingerprint density at radius 3 is 2.35 bits per heavy atom. The zero-order valence-corrected chi connectivity index (χ0v) is 14.0. The fraction of sp³-hybridized carbons (Fsp3) is 0.562. The Balaban J connectivity index is 2.51. The molecule has 3 nitrogen and oxygen atoms in total. The molecule has 0 heterocycles. The minimum Gasteiger partial charge on any atom is -0.354 e. The topological polar surface area (TPSA) is 32.3 Å². The van der Waals surface area contributed by atoms with Crippen molar-refractivity contribution in [2.45, 2.75) is 38.3 Å². The van der Waals surface area contributed by atoms with E-state index < -0.39 is 0 Å². The number of nitrogens with zero attached hydrogens (tertiary/aromatic N) is 1. The zero-order chi connectivity index (χ0) is 15.1. The summed E-state index contributed by atoms with van der Waals surface area (Å²) in [5, 5.41) is 2.98. The summed E-state index contributed by atoms with van der Waals surface area (Å²) in [7, 11) is 1.99. The lowest BCUT2D eigenvalue weighted by Crippen LogP contribution is -2.43. The Morgan fingerprint density at radius 2 is 1.85 bits per heavy atom. The average Bonchev–Trinajstić information content (AvgIpc) is 2.44. The fourth-order valence-corrected chi connectivity index (χ4v) is 2.22. The van der Waals surface area contributed by atoms with Crippen LogP contribution in [0.4, 0.5) is 0 Å². The van der Waals surface area contributed by atoms with Crippen LogP contribution in [0.15, 0.2) is 29.2 Å². The van der Waals surface area contributed by atoms with Crippen molar-refractivity contribution in [2.75, 3.05) is 19.8 Å². The smallest absolute Gasteiger partial charge is 0.237 e. The van der Waals surface area contributed by atoms with Crippen LogP contribution in [-0.2, 0) is 11.3 Å².